The highest BCUT2D eigenvalue weighted by Crippen LogP contribution is 2.26. The Bertz CT molecular complexity index is 259. The molecule has 0 aliphatic heterocycles. The van der Waals surface area contributed by atoms with Crippen molar-refractivity contribution in [2.24, 2.45) is 23.5 Å². The summed E-state index contributed by atoms with van der Waals surface area (Å²) in [5.74, 6) is 1.81. The second kappa shape index (κ2) is 8.57. The molecule has 3 N–H and O–H groups in total. The smallest absolute Gasteiger partial charge is 0.220 e. The van der Waals surface area contributed by atoms with E-state index < -0.39 is 0 Å². The molecular weight excluding hydrogens is 236 g/mol. The Labute approximate surface area is 118 Å². The molecule has 1 amide bonds. The molecule has 1 saturated carbocycles. The Morgan fingerprint density at radius 1 is 1.21 bits per heavy atom. The maximum Gasteiger partial charge on any atom is 0.220 e. The molecule has 1 fully saturated rings. The Morgan fingerprint density at radius 2 is 1.84 bits per heavy atom. The van der Waals surface area contributed by atoms with Crippen molar-refractivity contribution >= 4 is 5.91 Å². The Kier molecular flexibility index (Phi) is 7.44. The summed E-state index contributed by atoms with van der Waals surface area (Å²) >= 11 is 0. The largest absolute Gasteiger partial charge is 0.353 e. The van der Waals surface area contributed by atoms with Crippen LogP contribution in [0.5, 0.6) is 0 Å². The van der Waals surface area contributed by atoms with Crippen molar-refractivity contribution in [2.75, 3.05) is 6.54 Å². The van der Waals surface area contributed by atoms with E-state index in [0.29, 0.717) is 36.8 Å². The fraction of sp³-hybridized carbons (Fsp3) is 0.938. The average molecular weight is 268 g/mol. The number of nitrogens with two attached hydrogens (primary N) is 1. The molecule has 1 rings (SSSR count). The first-order chi connectivity index (χ1) is 9.02. The lowest BCUT2D eigenvalue weighted by Gasteiger charge is -2.28. The van der Waals surface area contributed by atoms with Crippen molar-refractivity contribution in [3.8, 4) is 0 Å². The standard InChI is InChI=1S/C16H32N2O/c1-12(2)9-14(11-17)10-16(19)18-13(3)15-7-5-4-6-8-15/h12-15H,4-11,17H2,1-3H3,(H,18,19)/t13-,14?/m0/s1. The van der Waals surface area contributed by atoms with Gasteiger partial charge in [0.15, 0.2) is 0 Å². The fourth-order valence-electron chi connectivity index (χ4n) is 3.26. The number of carbonyl (C=O) groups is 1. The Hall–Kier alpha value is -0.570. The monoisotopic (exact) mass is 268 g/mol. The van der Waals surface area contributed by atoms with Gasteiger partial charge in [-0.05, 0) is 50.5 Å². The molecule has 0 spiro atoms. The molecule has 0 aromatic carbocycles. The topological polar surface area (TPSA) is 55.1 Å². The van der Waals surface area contributed by atoms with Crippen molar-refractivity contribution in [2.45, 2.75) is 71.8 Å². The van der Waals surface area contributed by atoms with Crippen LogP contribution in [0.25, 0.3) is 0 Å². The van der Waals surface area contributed by atoms with E-state index in [1.165, 1.54) is 32.1 Å². The fourth-order valence-corrected chi connectivity index (χ4v) is 3.26. The van der Waals surface area contributed by atoms with Crippen molar-refractivity contribution < 1.29 is 4.79 Å². The van der Waals surface area contributed by atoms with Gasteiger partial charge in [-0.15, -0.1) is 0 Å². The van der Waals surface area contributed by atoms with Gasteiger partial charge in [0.05, 0.1) is 0 Å². The molecule has 0 heterocycles. The first-order valence-electron chi connectivity index (χ1n) is 8.02. The molecule has 1 aliphatic rings. The van der Waals surface area contributed by atoms with Gasteiger partial charge in [0, 0.05) is 12.5 Å². The molecule has 1 aliphatic carbocycles. The van der Waals surface area contributed by atoms with Gasteiger partial charge in [-0.1, -0.05) is 33.1 Å². The van der Waals surface area contributed by atoms with Gasteiger partial charge in [0.1, 0.15) is 0 Å². The summed E-state index contributed by atoms with van der Waals surface area (Å²) in [4.78, 5) is 12.1. The van der Waals surface area contributed by atoms with E-state index in [2.05, 4.69) is 26.1 Å². The van der Waals surface area contributed by atoms with Gasteiger partial charge in [-0.2, -0.15) is 0 Å². The molecule has 0 radical (unpaired) electrons. The van der Waals surface area contributed by atoms with E-state index in [4.69, 9.17) is 5.73 Å². The van der Waals surface area contributed by atoms with E-state index in [9.17, 15) is 4.79 Å². The number of hydrogen-bond acceptors (Lipinski definition) is 2. The molecule has 1 unspecified atom stereocenters. The van der Waals surface area contributed by atoms with Crippen LogP contribution in [0.3, 0.4) is 0 Å². The van der Waals surface area contributed by atoms with E-state index in [1.807, 2.05) is 0 Å². The number of nitrogens with one attached hydrogen (secondary N) is 1. The molecular formula is C16H32N2O. The van der Waals surface area contributed by atoms with E-state index in [0.717, 1.165) is 6.42 Å². The number of rotatable bonds is 7. The van der Waals surface area contributed by atoms with Crippen molar-refractivity contribution in [3.05, 3.63) is 0 Å². The summed E-state index contributed by atoms with van der Waals surface area (Å²) in [6.07, 6.45) is 8.18. The first kappa shape index (κ1) is 16.5. The van der Waals surface area contributed by atoms with Crippen molar-refractivity contribution in [1.82, 2.24) is 5.32 Å². The second-order valence-electron chi connectivity index (χ2n) is 6.69. The van der Waals surface area contributed by atoms with Crippen LogP contribution in [0.4, 0.5) is 0 Å². The summed E-state index contributed by atoms with van der Waals surface area (Å²) in [6, 6.07) is 0.324. The highest BCUT2D eigenvalue weighted by Gasteiger charge is 2.22. The molecule has 0 aromatic rings. The minimum Gasteiger partial charge on any atom is -0.353 e. The predicted molar refractivity (Wildman–Crippen MR) is 80.8 cm³/mol. The summed E-state index contributed by atoms with van der Waals surface area (Å²) in [5.41, 5.74) is 5.76. The molecule has 0 bridgehead atoms. The molecule has 0 saturated heterocycles. The van der Waals surface area contributed by atoms with Crippen LogP contribution in [0.1, 0.15) is 65.7 Å². The Balaban J connectivity index is 2.32. The number of carbonyl (C=O) groups excluding carboxylic acids is 1. The first-order valence-corrected chi connectivity index (χ1v) is 8.02. The zero-order valence-electron chi connectivity index (χ0n) is 13.0. The second-order valence-corrected chi connectivity index (χ2v) is 6.69. The summed E-state index contributed by atoms with van der Waals surface area (Å²) in [5, 5.41) is 3.19. The van der Waals surface area contributed by atoms with E-state index in [-0.39, 0.29) is 5.91 Å². The van der Waals surface area contributed by atoms with Crippen molar-refractivity contribution in [3.63, 3.8) is 0 Å². The SMILES string of the molecule is CC(C)CC(CN)CC(=O)N[C@@H](C)C1CCCCC1. The maximum atomic E-state index is 12.1. The van der Waals surface area contributed by atoms with Gasteiger partial charge >= 0.3 is 0 Å². The lowest BCUT2D eigenvalue weighted by atomic mass is 9.84. The highest BCUT2D eigenvalue weighted by molar-refractivity contribution is 5.76. The summed E-state index contributed by atoms with van der Waals surface area (Å²) in [6.45, 7) is 7.15. The van der Waals surface area contributed by atoms with Crippen molar-refractivity contribution in [1.29, 1.82) is 0 Å². The van der Waals surface area contributed by atoms with Crippen LogP contribution in [0.15, 0.2) is 0 Å². The van der Waals surface area contributed by atoms with Gasteiger partial charge in [0.25, 0.3) is 0 Å². The number of amides is 1. The van der Waals surface area contributed by atoms with Gasteiger partial charge in [-0.25, -0.2) is 0 Å². The van der Waals surface area contributed by atoms with E-state index >= 15 is 0 Å². The third kappa shape index (κ3) is 6.42. The number of hydrogen-bond donors (Lipinski definition) is 2. The van der Waals surface area contributed by atoms with Crippen LogP contribution in [-0.4, -0.2) is 18.5 Å². The maximum absolute atomic E-state index is 12.1. The lowest BCUT2D eigenvalue weighted by molar-refractivity contribution is -0.123. The van der Waals surface area contributed by atoms with Crippen LogP contribution >= 0.6 is 0 Å². The molecule has 2 atom stereocenters. The third-order valence-electron chi connectivity index (χ3n) is 4.36. The van der Waals surface area contributed by atoms with Crippen LogP contribution in [0.2, 0.25) is 0 Å². The van der Waals surface area contributed by atoms with E-state index in [1.54, 1.807) is 0 Å². The van der Waals surface area contributed by atoms with Gasteiger partial charge in [0.2, 0.25) is 5.91 Å². The summed E-state index contributed by atoms with van der Waals surface area (Å²) < 4.78 is 0. The van der Waals surface area contributed by atoms with Crippen LogP contribution in [0, 0.1) is 17.8 Å². The van der Waals surface area contributed by atoms with Crippen LogP contribution < -0.4 is 11.1 Å². The predicted octanol–water partition coefficient (Wildman–Crippen LogP) is 3.08. The minimum absolute atomic E-state index is 0.189. The zero-order chi connectivity index (χ0) is 14.3. The quantitative estimate of drug-likeness (QED) is 0.745. The zero-order valence-corrected chi connectivity index (χ0v) is 13.0. The average Bonchev–Trinajstić information content (AvgIpc) is 2.38. The van der Waals surface area contributed by atoms with Crippen LogP contribution in [-0.2, 0) is 4.79 Å². The third-order valence-corrected chi connectivity index (χ3v) is 4.36. The molecule has 19 heavy (non-hydrogen) atoms. The molecule has 112 valence electrons. The van der Waals surface area contributed by atoms with Gasteiger partial charge < -0.3 is 11.1 Å². The summed E-state index contributed by atoms with van der Waals surface area (Å²) in [7, 11) is 0. The normalized spacial score (nSPS) is 20.3. The molecule has 3 nitrogen and oxygen atoms in total. The minimum atomic E-state index is 0.189. The molecule has 3 heteroatoms. The molecule has 0 aromatic heterocycles. The lowest BCUT2D eigenvalue weighted by Crippen LogP contribution is -2.40. The highest BCUT2D eigenvalue weighted by atomic mass is 16.1. The Morgan fingerprint density at radius 3 is 2.37 bits per heavy atom. The van der Waals surface area contributed by atoms with Gasteiger partial charge in [-0.3, -0.25) is 4.79 Å².